The molecule has 2 fully saturated rings. The van der Waals surface area contributed by atoms with Crippen LogP contribution >= 0.6 is 11.8 Å². The van der Waals surface area contributed by atoms with Crippen LogP contribution in [0.1, 0.15) is 43.4 Å². The summed E-state index contributed by atoms with van der Waals surface area (Å²) in [6, 6.07) is 2.16. The normalized spacial score (nSPS) is 23.5. The van der Waals surface area contributed by atoms with Gasteiger partial charge >= 0.3 is 0 Å². The predicted molar refractivity (Wildman–Crippen MR) is 103 cm³/mol. The quantitative estimate of drug-likeness (QED) is 0.813. The number of hydrogen-bond donors (Lipinski definition) is 1. The zero-order valence-corrected chi connectivity index (χ0v) is 16.1. The topological polar surface area (TPSA) is 67.2 Å². The van der Waals surface area contributed by atoms with Gasteiger partial charge in [-0.2, -0.15) is 16.9 Å². The third kappa shape index (κ3) is 4.31. The lowest BCUT2D eigenvalue weighted by atomic mass is 10.0. The van der Waals surface area contributed by atoms with Crippen LogP contribution in [0.25, 0.3) is 0 Å². The van der Waals surface area contributed by atoms with Crippen molar-refractivity contribution in [3.8, 4) is 0 Å². The van der Waals surface area contributed by atoms with E-state index in [0.29, 0.717) is 12.6 Å². The van der Waals surface area contributed by atoms with E-state index < -0.39 is 0 Å². The third-order valence-corrected chi connectivity index (χ3v) is 6.72. The van der Waals surface area contributed by atoms with Crippen molar-refractivity contribution in [3.63, 3.8) is 0 Å². The molecular weight excluding hydrogens is 348 g/mol. The summed E-state index contributed by atoms with van der Waals surface area (Å²) in [5.74, 6) is 2.49. The van der Waals surface area contributed by atoms with Gasteiger partial charge in [0, 0.05) is 43.3 Å². The Labute approximate surface area is 158 Å². The van der Waals surface area contributed by atoms with Crippen molar-refractivity contribution in [3.05, 3.63) is 27.7 Å². The summed E-state index contributed by atoms with van der Waals surface area (Å²) in [6.45, 7) is 3.23. The third-order valence-electron chi connectivity index (χ3n) is 5.71. The Morgan fingerprint density at radius 2 is 2.15 bits per heavy atom. The first kappa shape index (κ1) is 18.0. The van der Waals surface area contributed by atoms with Crippen LogP contribution in [0, 0.1) is 5.92 Å². The van der Waals surface area contributed by atoms with E-state index in [1.807, 2.05) is 11.8 Å². The van der Waals surface area contributed by atoms with Gasteiger partial charge in [-0.05, 0) is 43.5 Å². The molecule has 1 saturated heterocycles. The second-order valence-corrected chi connectivity index (χ2v) is 8.79. The van der Waals surface area contributed by atoms with Crippen molar-refractivity contribution in [1.82, 2.24) is 20.0 Å². The molecule has 26 heavy (non-hydrogen) atoms. The molecule has 1 saturated carbocycles. The summed E-state index contributed by atoms with van der Waals surface area (Å²) in [7, 11) is 0. The first-order valence-corrected chi connectivity index (χ1v) is 11.1. The van der Waals surface area contributed by atoms with Crippen LogP contribution in [0.2, 0.25) is 0 Å². The van der Waals surface area contributed by atoms with Gasteiger partial charge in [-0.25, -0.2) is 4.68 Å². The van der Waals surface area contributed by atoms with Crippen molar-refractivity contribution >= 4 is 17.7 Å². The lowest BCUT2D eigenvalue weighted by Gasteiger charge is -2.35. The summed E-state index contributed by atoms with van der Waals surface area (Å²) in [4.78, 5) is 26.7. The zero-order chi connectivity index (χ0) is 17.9. The Hall–Kier alpha value is -1.34. The zero-order valence-electron chi connectivity index (χ0n) is 15.3. The Bertz CT molecular complexity index is 716. The first-order valence-electron chi connectivity index (χ1n) is 9.90. The van der Waals surface area contributed by atoms with E-state index in [1.54, 1.807) is 10.7 Å². The highest BCUT2D eigenvalue weighted by atomic mass is 32.2. The Kier molecular flexibility index (Phi) is 5.64. The van der Waals surface area contributed by atoms with E-state index in [2.05, 4.69) is 15.3 Å². The number of carbonyl (C=O) groups excluding carboxylic acids is 1. The molecule has 3 aliphatic rings. The highest BCUT2D eigenvalue weighted by molar-refractivity contribution is 7.98. The summed E-state index contributed by atoms with van der Waals surface area (Å²) in [5.41, 5.74) is 2.22. The molecule has 4 rings (SSSR count). The molecule has 3 heterocycles. The summed E-state index contributed by atoms with van der Waals surface area (Å²) in [6.07, 6.45) is 6.58. The van der Waals surface area contributed by atoms with E-state index in [4.69, 9.17) is 0 Å². The predicted octanol–water partition coefficient (Wildman–Crippen LogP) is 1.41. The van der Waals surface area contributed by atoms with Crippen LogP contribution in [0.15, 0.2) is 10.9 Å². The molecule has 2 aliphatic heterocycles. The molecule has 1 amide bonds. The SMILES string of the molecule is O=C(NCC1CCCCN1CCn1nc2c(cc1=O)CSCC2)C1CC1. The van der Waals surface area contributed by atoms with Gasteiger partial charge in [0.15, 0.2) is 0 Å². The number of carbonyl (C=O) groups is 1. The molecule has 1 atom stereocenters. The molecule has 0 aromatic carbocycles. The molecular formula is C19H28N4O2S. The smallest absolute Gasteiger partial charge is 0.267 e. The first-order chi connectivity index (χ1) is 12.7. The molecule has 0 radical (unpaired) electrons. The number of rotatable bonds is 6. The fourth-order valence-electron chi connectivity index (χ4n) is 3.93. The van der Waals surface area contributed by atoms with Crippen molar-refractivity contribution in [2.75, 3.05) is 25.4 Å². The number of aryl methyl sites for hydroxylation is 1. The number of thioether (sulfide) groups is 1. The number of amides is 1. The number of aromatic nitrogens is 2. The number of piperidine rings is 1. The molecule has 0 bridgehead atoms. The number of hydrogen-bond acceptors (Lipinski definition) is 5. The Morgan fingerprint density at radius 1 is 1.27 bits per heavy atom. The highest BCUT2D eigenvalue weighted by Gasteiger charge is 2.30. The minimum Gasteiger partial charge on any atom is -0.354 e. The highest BCUT2D eigenvalue weighted by Crippen LogP contribution is 2.29. The summed E-state index contributed by atoms with van der Waals surface area (Å²) >= 11 is 1.87. The van der Waals surface area contributed by atoms with Gasteiger partial charge in [-0.1, -0.05) is 6.42 Å². The Morgan fingerprint density at radius 3 is 3.00 bits per heavy atom. The van der Waals surface area contributed by atoms with Crippen LogP contribution in [0.5, 0.6) is 0 Å². The number of likely N-dealkylation sites (tertiary alicyclic amines) is 1. The van der Waals surface area contributed by atoms with Crippen LogP contribution < -0.4 is 10.9 Å². The average molecular weight is 377 g/mol. The van der Waals surface area contributed by atoms with Crippen molar-refractivity contribution in [2.24, 2.45) is 5.92 Å². The minimum absolute atomic E-state index is 0.0156. The van der Waals surface area contributed by atoms with Gasteiger partial charge in [0.1, 0.15) is 0 Å². The van der Waals surface area contributed by atoms with Gasteiger partial charge in [-0.15, -0.1) is 0 Å². The van der Waals surface area contributed by atoms with Gasteiger partial charge in [0.25, 0.3) is 5.56 Å². The van der Waals surface area contributed by atoms with Crippen molar-refractivity contribution < 1.29 is 4.79 Å². The molecule has 6 nitrogen and oxygen atoms in total. The minimum atomic E-state index is 0.0156. The summed E-state index contributed by atoms with van der Waals surface area (Å²) < 4.78 is 1.64. The van der Waals surface area contributed by atoms with E-state index >= 15 is 0 Å². The van der Waals surface area contributed by atoms with Crippen LogP contribution in [0.3, 0.4) is 0 Å². The second-order valence-electron chi connectivity index (χ2n) is 7.69. The lowest BCUT2D eigenvalue weighted by Crippen LogP contribution is -2.48. The van der Waals surface area contributed by atoms with E-state index in [-0.39, 0.29) is 17.4 Å². The number of nitrogens with zero attached hydrogens (tertiary/aromatic N) is 3. The molecule has 1 unspecified atom stereocenters. The number of nitrogens with one attached hydrogen (secondary N) is 1. The molecule has 1 aromatic rings. The van der Waals surface area contributed by atoms with Crippen LogP contribution in [-0.2, 0) is 23.5 Å². The van der Waals surface area contributed by atoms with Gasteiger partial charge in [0.05, 0.1) is 12.2 Å². The standard InChI is InChI=1S/C19H28N4O2S/c24-18-11-15-13-26-10-6-17(15)21-23(18)9-8-22-7-2-1-3-16(22)12-20-19(25)14-4-5-14/h11,14,16H,1-10,12-13H2,(H,20,25). The molecule has 0 spiro atoms. The van der Waals surface area contributed by atoms with Crippen molar-refractivity contribution in [1.29, 1.82) is 0 Å². The van der Waals surface area contributed by atoms with Crippen molar-refractivity contribution in [2.45, 2.75) is 56.9 Å². The van der Waals surface area contributed by atoms with E-state index in [9.17, 15) is 9.59 Å². The summed E-state index contributed by atoms with van der Waals surface area (Å²) in [5, 5.41) is 7.75. The average Bonchev–Trinajstić information content (AvgIpc) is 3.50. The lowest BCUT2D eigenvalue weighted by molar-refractivity contribution is -0.122. The number of fused-ring (bicyclic) bond motifs is 1. The van der Waals surface area contributed by atoms with Crippen LogP contribution in [-0.4, -0.2) is 52.0 Å². The maximum Gasteiger partial charge on any atom is 0.267 e. The molecule has 1 aliphatic carbocycles. The van der Waals surface area contributed by atoms with Gasteiger partial charge in [0.2, 0.25) is 5.91 Å². The van der Waals surface area contributed by atoms with E-state index in [1.165, 1.54) is 12.8 Å². The molecule has 142 valence electrons. The molecule has 7 heteroatoms. The maximum atomic E-state index is 12.4. The largest absolute Gasteiger partial charge is 0.354 e. The molecule has 1 aromatic heterocycles. The van der Waals surface area contributed by atoms with Crippen LogP contribution in [0.4, 0.5) is 0 Å². The van der Waals surface area contributed by atoms with E-state index in [0.717, 1.165) is 68.1 Å². The second kappa shape index (κ2) is 8.13. The van der Waals surface area contributed by atoms with Gasteiger partial charge < -0.3 is 5.32 Å². The fraction of sp³-hybridized carbons (Fsp3) is 0.737. The maximum absolute atomic E-state index is 12.4. The molecule has 1 N–H and O–H groups in total. The fourth-order valence-corrected chi connectivity index (χ4v) is 4.88. The monoisotopic (exact) mass is 376 g/mol. The van der Waals surface area contributed by atoms with Gasteiger partial charge in [-0.3, -0.25) is 14.5 Å². The Balaban J connectivity index is 1.35.